The normalized spacial score (nSPS) is 26.1. The molecule has 1 aromatic carbocycles. The summed E-state index contributed by atoms with van der Waals surface area (Å²) >= 11 is 6.78. The smallest absolute Gasteiger partial charge is 0.432 e. The molecule has 0 radical (unpaired) electrons. The van der Waals surface area contributed by atoms with E-state index in [0.29, 0.717) is 26.3 Å². The molecule has 0 saturated carbocycles. The highest BCUT2D eigenvalue weighted by Gasteiger charge is 2.59. The molecule has 1 fully saturated rings. The number of ether oxygens (including phenoxy) is 3. The van der Waals surface area contributed by atoms with Gasteiger partial charge in [0.2, 0.25) is 0 Å². The van der Waals surface area contributed by atoms with Crippen molar-refractivity contribution in [2.75, 3.05) is 39.5 Å². The van der Waals surface area contributed by atoms with Crippen LogP contribution in [0.15, 0.2) is 29.4 Å². The molecule has 188 valence electrons. The minimum atomic E-state index is -4.60. The van der Waals surface area contributed by atoms with Crippen LogP contribution in [0.2, 0.25) is 0 Å². The van der Waals surface area contributed by atoms with Gasteiger partial charge in [0.05, 0.1) is 43.1 Å². The Morgan fingerprint density at radius 1 is 1.21 bits per heavy atom. The van der Waals surface area contributed by atoms with Crippen LogP contribution in [-0.2, 0) is 25.2 Å². The Hall–Kier alpha value is -2.37. The number of nitrogens with zero attached hydrogens (tertiary/aromatic N) is 3. The van der Waals surface area contributed by atoms with Crippen LogP contribution in [0.5, 0.6) is 0 Å². The Morgan fingerprint density at radius 3 is 2.44 bits per heavy atom. The van der Waals surface area contributed by atoms with Gasteiger partial charge in [-0.2, -0.15) is 23.3 Å². The van der Waals surface area contributed by atoms with Crippen LogP contribution in [0, 0.1) is 5.92 Å². The molecular weight excluding hydrogens is 479 g/mol. The number of carbonyl (C=O) groups is 2. The monoisotopic (exact) mass is 505 g/mol. The average Bonchev–Trinajstić information content (AvgIpc) is 2.79. The number of hydrogen-bond acceptors (Lipinski definition) is 7. The lowest BCUT2D eigenvalue weighted by Crippen LogP contribution is -2.71. The van der Waals surface area contributed by atoms with Gasteiger partial charge in [-0.1, -0.05) is 12.1 Å². The van der Waals surface area contributed by atoms with Crippen LogP contribution >= 0.6 is 11.6 Å². The number of esters is 1. The van der Waals surface area contributed by atoms with E-state index in [1.54, 1.807) is 20.8 Å². The Bertz CT molecular complexity index is 939. The minimum absolute atomic E-state index is 0.0251. The molecule has 0 spiro atoms. The van der Waals surface area contributed by atoms with Crippen molar-refractivity contribution in [2.45, 2.75) is 38.0 Å². The van der Waals surface area contributed by atoms with E-state index in [1.165, 1.54) is 12.1 Å². The van der Waals surface area contributed by atoms with Crippen LogP contribution in [0.4, 0.5) is 18.0 Å². The predicted octanol–water partition coefficient (Wildman–Crippen LogP) is 3.72. The largest absolute Gasteiger partial charge is 0.466 e. The van der Waals surface area contributed by atoms with Crippen molar-refractivity contribution in [3.05, 3.63) is 35.4 Å². The summed E-state index contributed by atoms with van der Waals surface area (Å²) in [6.45, 7) is 6.35. The summed E-state index contributed by atoms with van der Waals surface area (Å²) in [6.07, 6.45) is -5.46. The third-order valence-corrected chi connectivity index (χ3v) is 6.36. The summed E-state index contributed by atoms with van der Waals surface area (Å²) < 4.78 is 56.0. The molecule has 1 amide bonds. The SMILES string of the molecule is CCOC(=O)[C@@H]1[C@@H](Cl)C(c2cccc(C(F)(F)F)c2)=NN(C(=O)OCC)[C@@]1(C)N1CCOCC1. The first kappa shape index (κ1) is 26.2. The lowest BCUT2D eigenvalue weighted by molar-refractivity contribution is -0.168. The number of benzene rings is 1. The van der Waals surface area contributed by atoms with Crippen LogP contribution < -0.4 is 0 Å². The highest BCUT2D eigenvalue weighted by Crippen LogP contribution is 2.41. The second kappa shape index (κ2) is 10.5. The summed E-state index contributed by atoms with van der Waals surface area (Å²) in [7, 11) is 0. The quantitative estimate of drug-likeness (QED) is 0.448. The molecule has 0 unspecified atom stereocenters. The summed E-state index contributed by atoms with van der Waals surface area (Å²) in [5.74, 6) is -1.89. The Kier molecular flexibility index (Phi) is 8.10. The standard InChI is InChI=1S/C22H27ClF3N3O5/c1-4-33-19(30)16-17(23)18(14-7-6-8-15(13-14)22(24,25)26)27-29(20(31)34-5-2)21(16,3)28-9-11-32-12-10-28/h6-8,13,16-17H,4-5,9-12H2,1-3H3/t16-,17+,21+/m0/s1. The van der Waals surface area contributed by atoms with Crippen molar-refractivity contribution in [3.63, 3.8) is 0 Å². The maximum atomic E-state index is 13.4. The van der Waals surface area contributed by atoms with Gasteiger partial charge in [-0.15, -0.1) is 11.6 Å². The van der Waals surface area contributed by atoms with E-state index >= 15 is 0 Å². The molecule has 3 rings (SSSR count). The van der Waals surface area contributed by atoms with Crippen molar-refractivity contribution >= 4 is 29.4 Å². The van der Waals surface area contributed by atoms with Crippen molar-refractivity contribution in [1.29, 1.82) is 0 Å². The fourth-order valence-corrected chi connectivity index (χ4v) is 4.75. The van der Waals surface area contributed by atoms with E-state index < -0.39 is 40.8 Å². The van der Waals surface area contributed by atoms with Crippen LogP contribution in [-0.4, -0.2) is 78.2 Å². The number of halogens is 4. The molecular formula is C22H27ClF3N3O5. The Labute approximate surface area is 200 Å². The highest BCUT2D eigenvalue weighted by molar-refractivity contribution is 6.36. The van der Waals surface area contributed by atoms with E-state index in [-0.39, 0.29) is 24.5 Å². The molecule has 3 atom stereocenters. The average molecular weight is 506 g/mol. The van der Waals surface area contributed by atoms with Gasteiger partial charge < -0.3 is 14.2 Å². The van der Waals surface area contributed by atoms with Crippen molar-refractivity contribution < 1.29 is 37.0 Å². The molecule has 1 saturated heterocycles. The van der Waals surface area contributed by atoms with E-state index in [1.807, 2.05) is 4.90 Å². The second-order valence-corrected chi connectivity index (χ2v) is 8.37. The fraction of sp³-hybridized carbons (Fsp3) is 0.591. The maximum absolute atomic E-state index is 13.4. The van der Waals surface area contributed by atoms with Gasteiger partial charge in [0.1, 0.15) is 11.6 Å². The first-order valence-electron chi connectivity index (χ1n) is 10.9. The van der Waals surface area contributed by atoms with Gasteiger partial charge in [0, 0.05) is 13.1 Å². The highest BCUT2D eigenvalue weighted by atomic mass is 35.5. The first-order valence-corrected chi connectivity index (χ1v) is 11.4. The van der Waals surface area contributed by atoms with Crippen molar-refractivity contribution in [1.82, 2.24) is 9.91 Å². The van der Waals surface area contributed by atoms with Gasteiger partial charge in [-0.25, -0.2) is 4.79 Å². The molecule has 0 N–H and O–H groups in total. The summed E-state index contributed by atoms with van der Waals surface area (Å²) in [6, 6.07) is 4.41. The number of rotatable bonds is 5. The van der Waals surface area contributed by atoms with Crippen LogP contribution in [0.3, 0.4) is 0 Å². The minimum Gasteiger partial charge on any atom is -0.466 e. The van der Waals surface area contributed by atoms with Gasteiger partial charge in [-0.3, -0.25) is 9.69 Å². The van der Waals surface area contributed by atoms with E-state index in [4.69, 9.17) is 25.8 Å². The second-order valence-electron chi connectivity index (χ2n) is 7.90. The molecule has 0 aliphatic carbocycles. The molecule has 1 aromatic rings. The zero-order chi connectivity index (χ0) is 25.1. The Balaban J connectivity index is 2.21. The summed E-state index contributed by atoms with van der Waals surface area (Å²) in [4.78, 5) is 28.1. The molecule has 2 aliphatic rings. The van der Waals surface area contributed by atoms with Gasteiger partial charge in [0.25, 0.3) is 0 Å². The molecule has 0 aromatic heterocycles. The van der Waals surface area contributed by atoms with E-state index in [0.717, 1.165) is 17.1 Å². The van der Waals surface area contributed by atoms with Gasteiger partial charge >= 0.3 is 18.2 Å². The topological polar surface area (TPSA) is 80.7 Å². The fourth-order valence-electron chi connectivity index (χ4n) is 4.23. The van der Waals surface area contributed by atoms with Crippen LogP contribution in [0.1, 0.15) is 31.9 Å². The zero-order valence-corrected chi connectivity index (χ0v) is 19.9. The van der Waals surface area contributed by atoms with Gasteiger partial charge in [-0.05, 0) is 38.5 Å². The number of hydrazone groups is 1. The summed E-state index contributed by atoms with van der Waals surface area (Å²) in [5.41, 5.74) is -2.36. The zero-order valence-electron chi connectivity index (χ0n) is 19.1. The third-order valence-electron chi connectivity index (χ3n) is 5.90. The maximum Gasteiger partial charge on any atom is 0.432 e. The number of morpholine rings is 1. The van der Waals surface area contributed by atoms with Crippen molar-refractivity contribution in [2.24, 2.45) is 11.0 Å². The van der Waals surface area contributed by atoms with E-state index in [9.17, 15) is 22.8 Å². The first-order chi connectivity index (χ1) is 16.1. The number of amides is 1. The Morgan fingerprint density at radius 2 is 1.85 bits per heavy atom. The third kappa shape index (κ3) is 5.01. The predicted molar refractivity (Wildman–Crippen MR) is 117 cm³/mol. The molecule has 8 nitrogen and oxygen atoms in total. The molecule has 0 bridgehead atoms. The lowest BCUT2D eigenvalue weighted by atomic mass is 9.82. The molecule has 12 heteroatoms. The van der Waals surface area contributed by atoms with Gasteiger partial charge in [0.15, 0.2) is 0 Å². The number of alkyl halides is 4. The number of carbonyl (C=O) groups excluding carboxylic acids is 2. The van der Waals surface area contributed by atoms with Crippen molar-refractivity contribution in [3.8, 4) is 0 Å². The van der Waals surface area contributed by atoms with E-state index in [2.05, 4.69) is 5.10 Å². The number of hydrogen-bond donors (Lipinski definition) is 0. The molecule has 34 heavy (non-hydrogen) atoms. The molecule has 2 heterocycles. The summed E-state index contributed by atoms with van der Waals surface area (Å²) in [5, 5.41) is 4.19. The molecule has 2 aliphatic heterocycles. The van der Waals surface area contributed by atoms with Crippen LogP contribution in [0.25, 0.3) is 0 Å². The lowest BCUT2D eigenvalue weighted by Gasteiger charge is -2.53.